The molecule has 0 spiro atoms. The maximum Gasteiger partial charge on any atom is 0.347 e. The third-order valence-corrected chi connectivity index (χ3v) is 3.82. The van der Waals surface area contributed by atoms with Gasteiger partial charge in [-0.05, 0) is 43.3 Å². The Balaban J connectivity index is 1.66. The van der Waals surface area contributed by atoms with Crippen molar-refractivity contribution >= 4 is 17.9 Å². The zero-order valence-electron chi connectivity index (χ0n) is 12.0. The number of cyclic esters (lactones) is 3. The van der Waals surface area contributed by atoms with E-state index < -0.39 is 11.9 Å². The highest BCUT2D eigenvalue weighted by atomic mass is 16.6. The maximum atomic E-state index is 11.6. The molecule has 0 radical (unpaired) electrons. The molecule has 2 aliphatic heterocycles. The van der Waals surface area contributed by atoms with Crippen molar-refractivity contribution in [3.05, 3.63) is 58.7 Å². The lowest BCUT2D eigenvalue weighted by Crippen LogP contribution is -1.96. The summed E-state index contributed by atoms with van der Waals surface area (Å²) in [6.07, 6.45) is -0.325. The third kappa shape index (κ3) is 2.07. The molecule has 2 heterocycles. The van der Waals surface area contributed by atoms with E-state index in [0.29, 0.717) is 17.1 Å². The van der Waals surface area contributed by atoms with Crippen molar-refractivity contribution in [1.29, 1.82) is 0 Å². The van der Waals surface area contributed by atoms with E-state index in [2.05, 4.69) is 4.74 Å². The maximum absolute atomic E-state index is 11.6. The summed E-state index contributed by atoms with van der Waals surface area (Å²) in [7, 11) is 0. The predicted octanol–water partition coefficient (Wildman–Crippen LogP) is 3.02. The summed E-state index contributed by atoms with van der Waals surface area (Å²) in [5.74, 6) is -0.784. The lowest BCUT2D eigenvalue weighted by atomic mass is 10.1. The Hall–Kier alpha value is -3.15. The summed E-state index contributed by atoms with van der Waals surface area (Å²) in [5, 5.41) is 0. The number of carbonyl (C=O) groups is 3. The largest absolute Gasteiger partial charge is 0.457 e. The highest BCUT2D eigenvalue weighted by molar-refractivity contribution is 6.14. The fourth-order valence-corrected chi connectivity index (χ4v) is 2.68. The van der Waals surface area contributed by atoms with Crippen LogP contribution >= 0.6 is 0 Å². The van der Waals surface area contributed by atoms with Gasteiger partial charge in [0.15, 0.2) is 0 Å². The molecule has 0 saturated heterocycles. The normalized spacial score (nSPS) is 18.3. The summed E-state index contributed by atoms with van der Waals surface area (Å²) >= 11 is 0. The van der Waals surface area contributed by atoms with Crippen LogP contribution in [0.4, 0.5) is 0 Å². The van der Waals surface area contributed by atoms with Gasteiger partial charge in [0.25, 0.3) is 0 Å². The molecule has 0 N–H and O–H groups in total. The van der Waals surface area contributed by atoms with Gasteiger partial charge in [-0.3, -0.25) is 0 Å². The van der Waals surface area contributed by atoms with Crippen molar-refractivity contribution in [2.75, 3.05) is 0 Å². The van der Waals surface area contributed by atoms with Crippen LogP contribution in [0.1, 0.15) is 49.7 Å². The Morgan fingerprint density at radius 2 is 1.48 bits per heavy atom. The van der Waals surface area contributed by atoms with E-state index in [9.17, 15) is 14.4 Å². The van der Waals surface area contributed by atoms with Crippen molar-refractivity contribution in [3.63, 3.8) is 0 Å². The van der Waals surface area contributed by atoms with Gasteiger partial charge < -0.3 is 14.2 Å². The Bertz CT molecular complexity index is 883. The van der Waals surface area contributed by atoms with Crippen LogP contribution in [0, 0.1) is 0 Å². The molecule has 2 aliphatic rings. The van der Waals surface area contributed by atoms with Crippen molar-refractivity contribution in [1.82, 2.24) is 0 Å². The number of esters is 3. The lowest BCUT2D eigenvalue weighted by molar-refractivity contribution is 0.0415. The fourth-order valence-electron chi connectivity index (χ4n) is 2.68. The molecule has 0 aliphatic carbocycles. The topological polar surface area (TPSA) is 78.9 Å². The summed E-state index contributed by atoms with van der Waals surface area (Å²) in [6, 6.07) is 9.54. The van der Waals surface area contributed by atoms with E-state index in [4.69, 9.17) is 9.47 Å². The minimum absolute atomic E-state index is 0.181. The molecule has 114 valence electrons. The molecule has 0 saturated carbocycles. The summed E-state index contributed by atoms with van der Waals surface area (Å²) in [5.41, 5.74) is 1.68. The molecule has 6 nitrogen and oxygen atoms in total. The van der Waals surface area contributed by atoms with Crippen LogP contribution < -0.4 is 4.74 Å². The molecule has 4 rings (SSSR count). The SMILES string of the molecule is CC1OC(=O)c2ccc(Oc3ccc4c(c3)C(=O)OC4=O)cc21. The minimum Gasteiger partial charge on any atom is -0.457 e. The average molecular weight is 310 g/mol. The number of ether oxygens (including phenoxy) is 3. The number of rotatable bonds is 2. The lowest BCUT2D eigenvalue weighted by Gasteiger charge is -2.08. The van der Waals surface area contributed by atoms with E-state index in [1.165, 1.54) is 12.1 Å². The van der Waals surface area contributed by atoms with E-state index >= 15 is 0 Å². The predicted molar refractivity (Wildman–Crippen MR) is 76.5 cm³/mol. The minimum atomic E-state index is -0.683. The summed E-state index contributed by atoms with van der Waals surface area (Å²) in [4.78, 5) is 34.6. The van der Waals surface area contributed by atoms with Gasteiger partial charge in [-0.2, -0.15) is 0 Å². The second kappa shape index (κ2) is 4.67. The monoisotopic (exact) mass is 310 g/mol. The van der Waals surface area contributed by atoms with Gasteiger partial charge >= 0.3 is 17.9 Å². The molecular formula is C17H10O6. The van der Waals surface area contributed by atoms with Crippen LogP contribution in [-0.2, 0) is 9.47 Å². The molecular weight excluding hydrogens is 300 g/mol. The van der Waals surface area contributed by atoms with Gasteiger partial charge in [0.2, 0.25) is 0 Å². The molecule has 2 aromatic carbocycles. The van der Waals surface area contributed by atoms with Gasteiger partial charge in [0.1, 0.15) is 17.6 Å². The first-order chi connectivity index (χ1) is 11.0. The van der Waals surface area contributed by atoms with Gasteiger partial charge in [-0.1, -0.05) is 0 Å². The first-order valence-corrected chi connectivity index (χ1v) is 6.96. The standard InChI is InChI=1S/C17H10O6/c1-8-13-6-9(2-4-11(13)15(18)21-8)22-10-3-5-12-14(7-10)17(20)23-16(12)19/h2-8H,1H3. The summed E-state index contributed by atoms with van der Waals surface area (Å²) < 4.78 is 15.4. The van der Waals surface area contributed by atoms with Crippen LogP contribution in [0.15, 0.2) is 36.4 Å². The van der Waals surface area contributed by atoms with Crippen molar-refractivity contribution in [3.8, 4) is 11.5 Å². The van der Waals surface area contributed by atoms with Crippen LogP contribution in [0.25, 0.3) is 0 Å². The van der Waals surface area contributed by atoms with Crippen LogP contribution in [0.5, 0.6) is 11.5 Å². The van der Waals surface area contributed by atoms with Gasteiger partial charge in [0.05, 0.1) is 16.7 Å². The Morgan fingerprint density at radius 1 is 0.826 bits per heavy atom. The van der Waals surface area contributed by atoms with Crippen molar-refractivity contribution < 1.29 is 28.6 Å². The molecule has 23 heavy (non-hydrogen) atoms. The Morgan fingerprint density at radius 3 is 2.26 bits per heavy atom. The zero-order chi connectivity index (χ0) is 16.1. The van der Waals surface area contributed by atoms with Gasteiger partial charge in [0, 0.05) is 5.56 Å². The highest BCUT2D eigenvalue weighted by Gasteiger charge is 2.30. The average Bonchev–Trinajstić information content (AvgIpc) is 2.96. The number of hydrogen-bond donors (Lipinski definition) is 0. The van der Waals surface area contributed by atoms with E-state index in [-0.39, 0.29) is 23.2 Å². The second-order valence-corrected chi connectivity index (χ2v) is 5.28. The first kappa shape index (κ1) is 13.5. The Kier molecular flexibility index (Phi) is 2.74. The van der Waals surface area contributed by atoms with Gasteiger partial charge in [-0.15, -0.1) is 0 Å². The number of carbonyl (C=O) groups excluding carboxylic acids is 3. The molecule has 0 fully saturated rings. The molecule has 1 atom stereocenters. The van der Waals surface area contributed by atoms with E-state index in [1.807, 2.05) is 0 Å². The number of fused-ring (bicyclic) bond motifs is 2. The zero-order valence-corrected chi connectivity index (χ0v) is 12.0. The van der Waals surface area contributed by atoms with E-state index in [1.54, 1.807) is 31.2 Å². The van der Waals surface area contributed by atoms with Gasteiger partial charge in [-0.25, -0.2) is 14.4 Å². The molecule has 0 amide bonds. The summed E-state index contributed by atoms with van der Waals surface area (Å²) in [6.45, 7) is 1.78. The van der Waals surface area contributed by atoms with E-state index in [0.717, 1.165) is 5.56 Å². The molecule has 6 heteroatoms. The van der Waals surface area contributed by atoms with Crippen LogP contribution in [0.3, 0.4) is 0 Å². The highest BCUT2D eigenvalue weighted by Crippen LogP contribution is 2.35. The molecule has 0 aromatic heterocycles. The number of hydrogen-bond acceptors (Lipinski definition) is 6. The molecule has 1 unspecified atom stereocenters. The van der Waals surface area contributed by atoms with Crippen LogP contribution in [0.2, 0.25) is 0 Å². The Labute approximate surface area is 130 Å². The third-order valence-electron chi connectivity index (χ3n) is 3.82. The quantitative estimate of drug-likeness (QED) is 0.626. The van der Waals surface area contributed by atoms with Crippen molar-refractivity contribution in [2.24, 2.45) is 0 Å². The second-order valence-electron chi connectivity index (χ2n) is 5.28. The molecule has 0 bridgehead atoms. The fraction of sp³-hybridized carbons (Fsp3) is 0.118. The smallest absolute Gasteiger partial charge is 0.347 e. The number of benzene rings is 2. The van der Waals surface area contributed by atoms with Crippen LogP contribution in [-0.4, -0.2) is 17.9 Å². The first-order valence-electron chi connectivity index (χ1n) is 6.96. The molecule has 2 aromatic rings. The van der Waals surface area contributed by atoms with Crippen molar-refractivity contribution in [2.45, 2.75) is 13.0 Å².